The Hall–Kier alpha value is -2.23. The second-order valence-corrected chi connectivity index (χ2v) is 3.84. The van der Waals surface area contributed by atoms with Gasteiger partial charge in [-0.2, -0.15) is 0 Å². The molecule has 0 unspecified atom stereocenters. The summed E-state index contributed by atoms with van der Waals surface area (Å²) < 4.78 is 10.7. The summed E-state index contributed by atoms with van der Waals surface area (Å²) in [6, 6.07) is 10.5. The molecular weight excluding hydrogens is 232 g/mol. The van der Waals surface area contributed by atoms with Crippen molar-refractivity contribution in [2.45, 2.75) is 13.3 Å². The molecule has 2 aromatic rings. The number of aromatic carboxylic acids is 1. The third kappa shape index (κ3) is 2.71. The van der Waals surface area contributed by atoms with Crippen molar-refractivity contribution in [3.05, 3.63) is 42.2 Å². The molecule has 1 heterocycles. The summed E-state index contributed by atoms with van der Waals surface area (Å²) in [4.78, 5) is 10.7. The number of hydrogen-bond acceptors (Lipinski definition) is 3. The number of benzene rings is 1. The van der Waals surface area contributed by atoms with Gasteiger partial charge in [0.25, 0.3) is 0 Å². The molecule has 0 aliphatic heterocycles. The third-order valence-corrected chi connectivity index (χ3v) is 2.43. The minimum absolute atomic E-state index is 0.0590. The average molecular weight is 246 g/mol. The monoisotopic (exact) mass is 246 g/mol. The van der Waals surface area contributed by atoms with E-state index < -0.39 is 5.97 Å². The van der Waals surface area contributed by atoms with Crippen LogP contribution in [0.1, 0.15) is 23.9 Å². The van der Waals surface area contributed by atoms with Gasteiger partial charge in [0.05, 0.1) is 6.61 Å². The third-order valence-electron chi connectivity index (χ3n) is 2.43. The zero-order valence-corrected chi connectivity index (χ0v) is 10.1. The van der Waals surface area contributed by atoms with E-state index >= 15 is 0 Å². The molecule has 0 amide bonds. The highest BCUT2D eigenvalue weighted by Gasteiger charge is 2.10. The number of carboxylic acid groups (broad SMARTS) is 1. The number of rotatable bonds is 5. The van der Waals surface area contributed by atoms with Crippen LogP contribution in [0.5, 0.6) is 5.75 Å². The lowest BCUT2D eigenvalue weighted by atomic mass is 10.2. The first kappa shape index (κ1) is 12.2. The summed E-state index contributed by atoms with van der Waals surface area (Å²) in [5, 5.41) is 8.77. The van der Waals surface area contributed by atoms with Crippen LogP contribution in [0.3, 0.4) is 0 Å². The standard InChI is InChI=1S/C14H14O4/c1-2-9-17-11-5-3-10(4-6-11)12-7-8-13(18-12)14(15)16/h3-8H,2,9H2,1H3,(H,15,16). The Kier molecular flexibility index (Phi) is 3.67. The number of ether oxygens (including phenoxy) is 1. The molecule has 2 rings (SSSR count). The van der Waals surface area contributed by atoms with Crippen molar-refractivity contribution in [1.29, 1.82) is 0 Å². The van der Waals surface area contributed by atoms with Crippen LogP contribution in [-0.4, -0.2) is 17.7 Å². The summed E-state index contributed by atoms with van der Waals surface area (Å²) in [7, 11) is 0. The van der Waals surface area contributed by atoms with Crippen LogP contribution in [0, 0.1) is 0 Å². The van der Waals surface area contributed by atoms with Crippen LogP contribution in [-0.2, 0) is 0 Å². The summed E-state index contributed by atoms with van der Waals surface area (Å²) in [5.74, 6) is 0.209. The summed E-state index contributed by atoms with van der Waals surface area (Å²) in [5.41, 5.74) is 0.825. The minimum Gasteiger partial charge on any atom is -0.494 e. The number of carbonyl (C=O) groups is 1. The minimum atomic E-state index is -1.07. The maximum Gasteiger partial charge on any atom is 0.371 e. The predicted molar refractivity (Wildman–Crippen MR) is 66.9 cm³/mol. The molecule has 0 saturated heterocycles. The number of furan rings is 1. The first-order valence-corrected chi connectivity index (χ1v) is 5.77. The molecule has 0 aliphatic rings. The average Bonchev–Trinajstić information content (AvgIpc) is 2.87. The zero-order valence-electron chi connectivity index (χ0n) is 10.1. The SMILES string of the molecule is CCCOc1ccc(-c2ccc(C(=O)O)o2)cc1. The molecule has 4 heteroatoms. The fourth-order valence-electron chi connectivity index (χ4n) is 1.54. The van der Waals surface area contributed by atoms with Crippen molar-refractivity contribution in [3.63, 3.8) is 0 Å². The highest BCUT2D eigenvalue weighted by molar-refractivity contribution is 5.85. The lowest BCUT2D eigenvalue weighted by molar-refractivity contribution is 0.0663. The smallest absolute Gasteiger partial charge is 0.371 e. The topological polar surface area (TPSA) is 59.7 Å². The van der Waals surface area contributed by atoms with E-state index in [9.17, 15) is 4.79 Å². The molecule has 1 N–H and O–H groups in total. The predicted octanol–water partition coefficient (Wildman–Crippen LogP) is 3.43. The normalized spacial score (nSPS) is 10.3. The molecule has 0 radical (unpaired) electrons. The molecule has 0 atom stereocenters. The highest BCUT2D eigenvalue weighted by atomic mass is 16.5. The van der Waals surface area contributed by atoms with E-state index in [2.05, 4.69) is 0 Å². The number of carboxylic acids is 1. The van der Waals surface area contributed by atoms with Gasteiger partial charge in [0, 0.05) is 5.56 Å². The van der Waals surface area contributed by atoms with Crippen LogP contribution in [0.4, 0.5) is 0 Å². The maximum atomic E-state index is 10.7. The fraction of sp³-hybridized carbons (Fsp3) is 0.214. The molecule has 94 valence electrons. The van der Waals surface area contributed by atoms with Gasteiger partial charge >= 0.3 is 5.97 Å². The van der Waals surface area contributed by atoms with Crippen molar-refractivity contribution in [3.8, 4) is 17.1 Å². The summed E-state index contributed by atoms with van der Waals surface area (Å²) in [6.45, 7) is 2.73. The lowest BCUT2D eigenvalue weighted by Gasteiger charge is -2.04. The van der Waals surface area contributed by atoms with Crippen molar-refractivity contribution >= 4 is 5.97 Å². The van der Waals surface area contributed by atoms with E-state index in [0.29, 0.717) is 12.4 Å². The van der Waals surface area contributed by atoms with E-state index in [0.717, 1.165) is 17.7 Å². The summed E-state index contributed by atoms with van der Waals surface area (Å²) in [6.07, 6.45) is 0.960. The van der Waals surface area contributed by atoms with Gasteiger partial charge in [0.15, 0.2) is 0 Å². The maximum absolute atomic E-state index is 10.7. The van der Waals surface area contributed by atoms with Gasteiger partial charge < -0.3 is 14.3 Å². The molecule has 1 aromatic carbocycles. The second-order valence-electron chi connectivity index (χ2n) is 3.84. The molecular formula is C14H14O4. The number of hydrogen-bond donors (Lipinski definition) is 1. The Balaban J connectivity index is 2.15. The molecule has 0 spiro atoms. The Labute approximate surface area is 105 Å². The molecule has 0 bridgehead atoms. The van der Waals surface area contributed by atoms with Gasteiger partial charge in [-0.25, -0.2) is 4.79 Å². The van der Waals surface area contributed by atoms with Crippen LogP contribution in [0.2, 0.25) is 0 Å². The molecule has 18 heavy (non-hydrogen) atoms. The summed E-state index contributed by atoms with van der Waals surface area (Å²) >= 11 is 0. The second kappa shape index (κ2) is 5.40. The molecule has 0 saturated carbocycles. The van der Waals surface area contributed by atoms with Crippen LogP contribution in [0.15, 0.2) is 40.8 Å². The molecule has 1 aromatic heterocycles. The largest absolute Gasteiger partial charge is 0.494 e. The first-order valence-electron chi connectivity index (χ1n) is 5.77. The van der Waals surface area contributed by atoms with Gasteiger partial charge in [0.2, 0.25) is 5.76 Å². The van der Waals surface area contributed by atoms with Crippen molar-refractivity contribution in [1.82, 2.24) is 0 Å². The van der Waals surface area contributed by atoms with Crippen molar-refractivity contribution < 1.29 is 19.1 Å². The van der Waals surface area contributed by atoms with E-state index in [1.807, 2.05) is 31.2 Å². The van der Waals surface area contributed by atoms with Gasteiger partial charge in [-0.3, -0.25) is 0 Å². The van der Waals surface area contributed by atoms with Gasteiger partial charge in [-0.1, -0.05) is 6.92 Å². The Morgan fingerprint density at radius 1 is 1.22 bits per heavy atom. The van der Waals surface area contributed by atoms with Crippen LogP contribution < -0.4 is 4.74 Å². The lowest BCUT2D eigenvalue weighted by Crippen LogP contribution is -1.94. The Morgan fingerprint density at radius 2 is 1.94 bits per heavy atom. The molecule has 0 fully saturated rings. The van der Waals surface area contributed by atoms with Crippen LogP contribution >= 0.6 is 0 Å². The van der Waals surface area contributed by atoms with Gasteiger partial charge in [0.1, 0.15) is 11.5 Å². The van der Waals surface area contributed by atoms with Gasteiger partial charge in [-0.15, -0.1) is 0 Å². The van der Waals surface area contributed by atoms with E-state index in [1.54, 1.807) is 6.07 Å². The van der Waals surface area contributed by atoms with Gasteiger partial charge in [-0.05, 0) is 42.8 Å². The Morgan fingerprint density at radius 3 is 2.50 bits per heavy atom. The van der Waals surface area contributed by atoms with E-state index in [4.69, 9.17) is 14.3 Å². The highest BCUT2D eigenvalue weighted by Crippen LogP contribution is 2.24. The first-order chi connectivity index (χ1) is 8.70. The zero-order chi connectivity index (χ0) is 13.0. The van der Waals surface area contributed by atoms with Crippen molar-refractivity contribution in [2.24, 2.45) is 0 Å². The van der Waals surface area contributed by atoms with Crippen LogP contribution in [0.25, 0.3) is 11.3 Å². The fourth-order valence-corrected chi connectivity index (χ4v) is 1.54. The molecule has 0 aliphatic carbocycles. The molecule has 4 nitrogen and oxygen atoms in total. The van der Waals surface area contributed by atoms with E-state index in [-0.39, 0.29) is 5.76 Å². The quantitative estimate of drug-likeness (QED) is 0.877. The Bertz CT molecular complexity index is 525. The van der Waals surface area contributed by atoms with Crippen molar-refractivity contribution in [2.75, 3.05) is 6.61 Å². The van der Waals surface area contributed by atoms with E-state index in [1.165, 1.54) is 6.07 Å².